The smallest absolute Gasteiger partial charge is 0.122 e. The quantitative estimate of drug-likeness (QED) is 0.679. The molecule has 0 saturated heterocycles. The van der Waals surface area contributed by atoms with Crippen molar-refractivity contribution in [2.45, 2.75) is 27.2 Å². The summed E-state index contributed by atoms with van der Waals surface area (Å²) in [4.78, 5) is 0. The number of ether oxygens (including phenoxy) is 1. The van der Waals surface area contributed by atoms with Gasteiger partial charge >= 0.3 is 0 Å². The Hall–Kier alpha value is -0.0200. The number of methoxy groups -OCH3 is 1. The Kier molecular flexibility index (Phi) is 5.52. The summed E-state index contributed by atoms with van der Waals surface area (Å²) in [6, 6.07) is 6.19. The van der Waals surface area contributed by atoms with Gasteiger partial charge in [-0.15, -0.1) is 0 Å². The lowest BCUT2D eigenvalue weighted by Gasteiger charge is -2.29. The Morgan fingerprint density at radius 3 is 2.41 bits per heavy atom. The van der Waals surface area contributed by atoms with Crippen LogP contribution in [0.1, 0.15) is 26.3 Å². The van der Waals surface area contributed by atoms with E-state index in [-0.39, 0.29) is 5.41 Å². The zero-order valence-corrected chi connectivity index (χ0v) is 14.1. The molecule has 1 aromatic rings. The Bertz CT molecular complexity index is 369. The van der Waals surface area contributed by atoms with E-state index in [0.29, 0.717) is 5.92 Å². The van der Waals surface area contributed by atoms with E-state index in [1.54, 1.807) is 7.11 Å². The molecule has 0 heterocycles. The SMILES string of the molecule is COc1ccc(Br)cc1CC(CBr)C(C)(C)C. The molecule has 0 aliphatic heterocycles. The predicted molar refractivity (Wildman–Crippen MR) is 81.1 cm³/mol. The molecule has 0 aliphatic carbocycles. The number of halogens is 2. The molecule has 0 saturated carbocycles. The van der Waals surface area contributed by atoms with Gasteiger partial charge in [-0.05, 0) is 41.5 Å². The molecule has 0 aromatic heterocycles. The molecule has 96 valence electrons. The molecular weight excluding hydrogens is 344 g/mol. The highest BCUT2D eigenvalue weighted by Gasteiger charge is 2.24. The van der Waals surface area contributed by atoms with E-state index in [0.717, 1.165) is 22.0 Å². The minimum absolute atomic E-state index is 0.289. The minimum Gasteiger partial charge on any atom is -0.496 e. The van der Waals surface area contributed by atoms with Gasteiger partial charge in [0, 0.05) is 9.80 Å². The van der Waals surface area contributed by atoms with Crippen LogP contribution in [0, 0.1) is 11.3 Å². The number of alkyl halides is 1. The molecule has 17 heavy (non-hydrogen) atoms. The lowest BCUT2D eigenvalue weighted by Crippen LogP contribution is -2.24. The first-order valence-corrected chi connectivity index (χ1v) is 7.68. The summed E-state index contributed by atoms with van der Waals surface area (Å²) in [5, 5.41) is 1.01. The number of benzene rings is 1. The van der Waals surface area contributed by atoms with Crippen LogP contribution in [-0.2, 0) is 6.42 Å². The zero-order chi connectivity index (χ0) is 13.1. The maximum absolute atomic E-state index is 5.42. The van der Waals surface area contributed by atoms with Crippen molar-refractivity contribution < 1.29 is 4.74 Å². The summed E-state index contributed by atoms with van der Waals surface area (Å²) in [6.45, 7) is 6.84. The van der Waals surface area contributed by atoms with Crippen LogP contribution in [-0.4, -0.2) is 12.4 Å². The first-order valence-electron chi connectivity index (χ1n) is 5.77. The van der Waals surface area contributed by atoms with Crippen LogP contribution in [0.2, 0.25) is 0 Å². The highest BCUT2D eigenvalue weighted by atomic mass is 79.9. The molecule has 0 radical (unpaired) electrons. The van der Waals surface area contributed by atoms with Gasteiger partial charge in [-0.2, -0.15) is 0 Å². The number of rotatable bonds is 4. The van der Waals surface area contributed by atoms with Gasteiger partial charge < -0.3 is 4.74 Å². The molecule has 1 nitrogen and oxygen atoms in total. The second-order valence-electron chi connectivity index (χ2n) is 5.38. The molecule has 1 rings (SSSR count). The van der Waals surface area contributed by atoms with Crippen LogP contribution in [0.25, 0.3) is 0 Å². The van der Waals surface area contributed by atoms with Crippen molar-refractivity contribution in [1.29, 1.82) is 0 Å². The van der Waals surface area contributed by atoms with Crippen molar-refractivity contribution >= 4 is 31.9 Å². The highest BCUT2D eigenvalue weighted by molar-refractivity contribution is 9.10. The van der Waals surface area contributed by atoms with Crippen LogP contribution >= 0.6 is 31.9 Å². The van der Waals surface area contributed by atoms with Gasteiger partial charge in [0.15, 0.2) is 0 Å². The summed E-state index contributed by atoms with van der Waals surface area (Å²) >= 11 is 7.14. The van der Waals surface area contributed by atoms with Gasteiger partial charge in [-0.1, -0.05) is 52.6 Å². The third kappa shape index (κ3) is 4.29. The van der Waals surface area contributed by atoms with Gasteiger partial charge in [0.2, 0.25) is 0 Å². The first-order chi connectivity index (χ1) is 7.88. The van der Waals surface area contributed by atoms with Gasteiger partial charge in [-0.3, -0.25) is 0 Å². The molecule has 3 heteroatoms. The Morgan fingerprint density at radius 2 is 1.94 bits per heavy atom. The Labute approximate surface area is 121 Å². The monoisotopic (exact) mass is 362 g/mol. The first kappa shape index (κ1) is 15.0. The van der Waals surface area contributed by atoms with Crippen molar-refractivity contribution in [3.05, 3.63) is 28.2 Å². The molecule has 0 bridgehead atoms. The summed E-state index contributed by atoms with van der Waals surface area (Å²) in [7, 11) is 1.73. The van der Waals surface area contributed by atoms with E-state index in [1.807, 2.05) is 12.1 Å². The van der Waals surface area contributed by atoms with Crippen molar-refractivity contribution in [1.82, 2.24) is 0 Å². The van der Waals surface area contributed by atoms with E-state index < -0.39 is 0 Å². The fourth-order valence-corrected chi connectivity index (χ4v) is 3.37. The lowest BCUT2D eigenvalue weighted by atomic mass is 9.78. The van der Waals surface area contributed by atoms with Crippen molar-refractivity contribution in [2.75, 3.05) is 12.4 Å². The van der Waals surface area contributed by atoms with Crippen LogP contribution in [0.15, 0.2) is 22.7 Å². The van der Waals surface area contributed by atoms with E-state index in [1.165, 1.54) is 5.56 Å². The normalized spacial score (nSPS) is 13.5. The highest BCUT2D eigenvalue weighted by Crippen LogP contribution is 2.34. The molecule has 0 N–H and O–H groups in total. The third-order valence-electron chi connectivity index (χ3n) is 3.12. The van der Waals surface area contributed by atoms with E-state index in [2.05, 4.69) is 58.7 Å². The van der Waals surface area contributed by atoms with Gasteiger partial charge in [-0.25, -0.2) is 0 Å². The minimum atomic E-state index is 0.289. The topological polar surface area (TPSA) is 9.23 Å². The molecular formula is C14H20Br2O. The molecule has 0 amide bonds. The average Bonchev–Trinajstić information content (AvgIpc) is 2.24. The molecule has 0 aliphatic rings. The third-order valence-corrected chi connectivity index (χ3v) is 4.39. The maximum atomic E-state index is 5.42. The zero-order valence-electron chi connectivity index (χ0n) is 10.9. The van der Waals surface area contributed by atoms with Crippen LogP contribution in [0.5, 0.6) is 5.75 Å². The van der Waals surface area contributed by atoms with E-state index >= 15 is 0 Å². The van der Waals surface area contributed by atoms with Crippen molar-refractivity contribution in [2.24, 2.45) is 11.3 Å². The summed E-state index contributed by atoms with van der Waals surface area (Å²) < 4.78 is 6.53. The largest absolute Gasteiger partial charge is 0.496 e. The standard InChI is InChI=1S/C14H20Br2O/c1-14(2,3)11(9-15)7-10-8-12(16)5-6-13(10)17-4/h5-6,8,11H,7,9H2,1-4H3. The van der Waals surface area contributed by atoms with Crippen LogP contribution in [0.3, 0.4) is 0 Å². The second-order valence-corrected chi connectivity index (χ2v) is 6.94. The Morgan fingerprint density at radius 1 is 1.29 bits per heavy atom. The summed E-state index contributed by atoms with van der Waals surface area (Å²) in [5.41, 5.74) is 1.55. The number of hydrogen-bond donors (Lipinski definition) is 0. The fraction of sp³-hybridized carbons (Fsp3) is 0.571. The van der Waals surface area contributed by atoms with Gasteiger partial charge in [0.05, 0.1) is 7.11 Å². The summed E-state index contributed by atoms with van der Waals surface area (Å²) in [5.74, 6) is 1.56. The maximum Gasteiger partial charge on any atom is 0.122 e. The van der Waals surface area contributed by atoms with Gasteiger partial charge in [0.1, 0.15) is 5.75 Å². The molecule has 1 atom stereocenters. The van der Waals surface area contributed by atoms with Crippen molar-refractivity contribution in [3.63, 3.8) is 0 Å². The molecule has 0 fully saturated rings. The molecule has 1 unspecified atom stereocenters. The average molecular weight is 364 g/mol. The molecule has 0 spiro atoms. The second kappa shape index (κ2) is 6.24. The lowest BCUT2D eigenvalue weighted by molar-refractivity contribution is 0.264. The number of hydrogen-bond acceptors (Lipinski definition) is 1. The van der Waals surface area contributed by atoms with E-state index in [9.17, 15) is 0 Å². The predicted octanol–water partition coefficient (Wildman–Crippen LogP) is 5.06. The summed E-state index contributed by atoms with van der Waals surface area (Å²) in [6.07, 6.45) is 1.03. The van der Waals surface area contributed by atoms with Crippen LogP contribution in [0.4, 0.5) is 0 Å². The fourth-order valence-electron chi connectivity index (χ4n) is 1.76. The molecule has 1 aromatic carbocycles. The Balaban J connectivity index is 2.96. The van der Waals surface area contributed by atoms with E-state index in [4.69, 9.17) is 4.74 Å². The van der Waals surface area contributed by atoms with Crippen molar-refractivity contribution in [3.8, 4) is 5.75 Å². The van der Waals surface area contributed by atoms with Gasteiger partial charge in [0.25, 0.3) is 0 Å². The van der Waals surface area contributed by atoms with Crippen LogP contribution < -0.4 is 4.74 Å².